The van der Waals surface area contributed by atoms with E-state index >= 15 is 0 Å². The lowest BCUT2D eigenvalue weighted by Crippen LogP contribution is -2.23. The Hall–Kier alpha value is -1.32. The number of hydrogen-bond donors (Lipinski definition) is 1. The lowest BCUT2D eigenvalue weighted by atomic mass is 9.98. The van der Waals surface area contributed by atoms with Crippen molar-refractivity contribution in [2.24, 2.45) is 0 Å². The third-order valence-corrected chi connectivity index (χ3v) is 4.93. The van der Waals surface area contributed by atoms with Gasteiger partial charge in [-0.25, -0.2) is 0 Å². The zero-order chi connectivity index (χ0) is 15.4. The molecule has 1 aromatic heterocycles. The Bertz CT molecular complexity index is 603. The molecule has 0 saturated heterocycles. The van der Waals surface area contributed by atoms with E-state index in [4.69, 9.17) is 4.74 Å². The Morgan fingerprint density at radius 3 is 2.48 bits per heavy atom. The number of aryl methyl sites for hydroxylation is 2. The normalized spacial score (nSPS) is 12.4. The zero-order valence-electron chi connectivity index (χ0n) is 13.6. The first-order chi connectivity index (χ1) is 10.1. The molecule has 0 saturated carbocycles. The highest BCUT2D eigenvalue weighted by atomic mass is 32.1. The van der Waals surface area contributed by atoms with Gasteiger partial charge in [-0.2, -0.15) is 0 Å². The molecule has 0 radical (unpaired) electrons. The minimum absolute atomic E-state index is 0.206. The van der Waals surface area contributed by atoms with Crippen molar-refractivity contribution < 1.29 is 4.74 Å². The number of hydrogen-bond acceptors (Lipinski definition) is 3. The Morgan fingerprint density at radius 1 is 1.14 bits per heavy atom. The van der Waals surface area contributed by atoms with Crippen molar-refractivity contribution in [2.45, 2.75) is 40.2 Å². The van der Waals surface area contributed by atoms with Gasteiger partial charge in [0.2, 0.25) is 0 Å². The average Bonchev–Trinajstić information content (AvgIpc) is 2.89. The van der Waals surface area contributed by atoms with Gasteiger partial charge < -0.3 is 10.1 Å². The molecular weight excluding hydrogens is 278 g/mol. The summed E-state index contributed by atoms with van der Waals surface area (Å²) in [5.41, 5.74) is 3.73. The molecular formula is C18H25NOS. The average molecular weight is 303 g/mol. The quantitative estimate of drug-likeness (QED) is 0.830. The van der Waals surface area contributed by atoms with Crippen LogP contribution in [0.3, 0.4) is 0 Å². The van der Waals surface area contributed by atoms with Crippen LogP contribution in [0.5, 0.6) is 5.75 Å². The van der Waals surface area contributed by atoms with Crippen LogP contribution in [0.1, 0.15) is 45.8 Å². The molecule has 0 bridgehead atoms. The molecule has 21 heavy (non-hydrogen) atoms. The van der Waals surface area contributed by atoms with Crippen LogP contribution < -0.4 is 10.1 Å². The molecule has 0 aliphatic heterocycles. The van der Waals surface area contributed by atoms with Gasteiger partial charge in [-0.05, 0) is 57.0 Å². The first-order valence-corrected chi connectivity index (χ1v) is 8.34. The van der Waals surface area contributed by atoms with Gasteiger partial charge in [0.25, 0.3) is 0 Å². The van der Waals surface area contributed by atoms with Crippen molar-refractivity contribution in [3.8, 4) is 5.75 Å². The molecule has 1 heterocycles. The van der Waals surface area contributed by atoms with E-state index < -0.39 is 0 Å². The van der Waals surface area contributed by atoms with Gasteiger partial charge in [-0.3, -0.25) is 0 Å². The summed E-state index contributed by atoms with van der Waals surface area (Å²) in [5, 5.41) is 3.67. The monoisotopic (exact) mass is 303 g/mol. The Kier molecular flexibility index (Phi) is 5.43. The van der Waals surface area contributed by atoms with Crippen LogP contribution in [0.15, 0.2) is 24.3 Å². The molecule has 0 amide bonds. The Labute approximate surface area is 132 Å². The molecule has 0 aliphatic carbocycles. The predicted octanol–water partition coefficient (Wildman–Crippen LogP) is 4.77. The van der Waals surface area contributed by atoms with Crippen LogP contribution in [-0.4, -0.2) is 13.7 Å². The standard InChI is InChI=1S/C18H25NOS/c1-6-11-19-17(16-10-8-13(3)21-16)15-9-7-12(2)14(4)18(15)20-5/h7-10,17,19H,6,11H2,1-5H3. The van der Waals surface area contributed by atoms with E-state index in [2.05, 4.69) is 57.3 Å². The molecule has 2 nitrogen and oxygen atoms in total. The highest BCUT2D eigenvalue weighted by Gasteiger charge is 2.20. The van der Waals surface area contributed by atoms with E-state index in [9.17, 15) is 0 Å². The molecule has 0 aliphatic rings. The molecule has 1 aromatic carbocycles. The molecule has 1 N–H and O–H groups in total. The second kappa shape index (κ2) is 7.10. The zero-order valence-corrected chi connectivity index (χ0v) is 14.4. The van der Waals surface area contributed by atoms with Crippen molar-refractivity contribution in [2.75, 3.05) is 13.7 Å². The van der Waals surface area contributed by atoms with Gasteiger partial charge in [0.15, 0.2) is 0 Å². The van der Waals surface area contributed by atoms with E-state index in [0.29, 0.717) is 0 Å². The number of benzene rings is 1. The van der Waals surface area contributed by atoms with Crippen LogP contribution in [-0.2, 0) is 0 Å². The van der Waals surface area contributed by atoms with Gasteiger partial charge in [0, 0.05) is 15.3 Å². The Balaban J connectivity index is 2.48. The topological polar surface area (TPSA) is 21.3 Å². The fourth-order valence-corrected chi connectivity index (χ4v) is 3.54. The minimum atomic E-state index is 0.206. The van der Waals surface area contributed by atoms with Gasteiger partial charge in [0.1, 0.15) is 5.75 Å². The number of methoxy groups -OCH3 is 1. The van der Waals surface area contributed by atoms with Gasteiger partial charge >= 0.3 is 0 Å². The maximum Gasteiger partial charge on any atom is 0.127 e. The van der Waals surface area contributed by atoms with Crippen molar-refractivity contribution in [3.63, 3.8) is 0 Å². The fourth-order valence-electron chi connectivity index (χ4n) is 2.57. The van der Waals surface area contributed by atoms with Gasteiger partial charge in [-0.15, -0.1) is 11.3 Å². The lowest BCUT2D eigenvalue weighted by molar-refractivity contribution is 0.400. The minimum Gasteiger partial charge on any atom is -0.496 e. The van der Waals surface area contributed by atoms with E-state index in [0.717, 1.165) is 18.7 Å². The molecule has 2 aromatic rings. The van der Waals surface area contributed by atoms with Crippen molar-refractivity contribution in [3.05, 3.63) is 50.7 Å². The van der Waals surface area contributed by atoms with Crippen molar-refractivity contribution in [1.82, 2.24) is 5.32 Å². The number of nitrogens with one attached hydrogen (secondary N) is 1. The number of rotatable bonds is 6. The highest BCUT2D eigenvalue weighted by Crippen LogP contribution is 2.36. The molecule has 2 rings (SSSR count). The van der Waals surface area contributed by atoms with Crippen LogP contribution in [0.2, 0.25) is 0 Å². The number of ether oxygens (including phenoxy) is 1. The van der Waals surface area contributed by atoms with E-state index in [1.54, 1.807) is 7.11 Å². The summed E-state index contributed by atoms with van der Waals surface area (Å²) in [4.78, 5) is 2.69. The molecule has 114 valence electrons. The Morgan fingerprint density at radius 2 is 1.90 bits per heavy atom. The van der Waals surface area contributed by atoms with E-state index in [-0.39, 0.29) is 6.04 Å². The van der Waals surface area contributed by atoms with Gasteiger partial charge in [-0.1, -0.05) is 19.1 Å². The predicted molar refractivity (Wildman–Crippen MR) is 91.7 cm³/mol. The van der Waals surface area contributed by atoms with Crippen LogP contribution in [0.4, 0.5) is 0 Å². The van der Waals surface area contributed by atoms with Crippen molar-refractivity contribution >= 4 is 11.3 Å². The molecule has 3 heteroatoms. The number of thiophene rings is 1. The van der Waals surface area contributed by atoms with E-state index in [1.165, 1.54) is 26.4 Å². The van der Waals surface area contributed by atoms with Crippen molar-refractivity contribution in [1.29, 1.82) is 0 Å². The summed E-state index contributed by atoms with van der Waals surface area (Å²) in [6.07, 6.45) is 1.12. The molecule has 1 atom stereocenters. The van der Waals surface area contributed by atoms with E-state index in [1.807, 2.05) is 11.3 Å². The summed E-state index contributed by atoms with van der Waals surface area (Å²) in [6.45, 7) is 9.61. The molecule has 0 fully saturated rings. The van der Waals surface area contributed by atoms with Crippen LogP contribution >= 0.6 is 11.3 Å². The first-order valence-electron chi connectivity index (χ1n) is 7.52. The molecule has 0 spiro atoms. The van der Waals surface area contributed by atoms with Crippen LogP contribution in [0.25, 0.3) is 0 Å². The smallest absolute Gasteiger partial charge is 0.127 e. The third-order valence-electron chi connectivity index (χ3n) is 3.87. The maximum atomic E-state index is 5.71. The second-order valence-corrected chi connectivity index (χ2v) is 6.78. The second-order valence-electron chi connectivity index (χ2n) is 5.47. The highest BCUT2D eigenvalue weighted by molar-refractivity contribution is 7.12. The van der Waals surface area contributed by atoms with Gasteiger partial charge in [0.05, 0.1) is 13.2 Å². The molecule has 1 unspecified atom stereocenters. The summed E-state index contributed by atoms with van der Waals surface area (Å²) in [5.74, 6) is 1.01. The summed E-state index contributed by atoms with van der Waals surface area (Å²) in [7, 11) is 1.77. The third kappa shape index (κ3) is 3.47. The fraction of sp³-hybridized carbons (Fsp3) is 0.444. The first kappa shape index (κ1) is 16.1. The summed E-state index contributed by atoms with van der Waals surface area (Å²) < 4.78 is 5.71. The maximum absolute atomic E-state index is 5.71. The SMILES string of the molecule is CCCNC(c1ccc(C)s1)c1ccc(C)c(C)c1OC. The lowest BCUT2D eigenvalue weighted by Gasteiger charge is -2.22. The summed E-state index contributed by atoms with van der Waals surface area (Å²) in [6, 6.07) is 9.01. The van der Waals surface area contributed by atoms with Crippen LogP contribution in [0, 0.1) is 20.8 Å². The largest absolute Gasteiger partial charge is 0.496 e. The summed E-state index contributed by atoms with van der Waals surface area (Å²) >= 11 is 1.85.